The fraction of sp³-hybridized carbons (Fsp3) is 0.333. The van der Waals surface area contributed by atoms with E-state index in [1.165, 1.54) is 0 Å². The van der Waals surface area contributed by atoms with E-state index in [0.717, 1.165) is 24.0 Å². The zero-order chi connectivity index (χ0) is 20.0. The summed E-state index contributed by atoms with van der Waals surface area (Å²) in [6.45, 7) is 2.50. The minimum Gasteiger partial charge on any atom is -0.461 e. The molecule has 0 aliphatic carbocycles. The fourth-order valence-corrected chi connectivity index (χ4v) is 2.65. The highest BCUT2D eigenvalue weighted by Gasteiger charge is 2.23. The zero-order valence-electron chi connectivity index (χ0n) is 16.4. The zero-order valence-corrected chi connectivity index (χ0v) is 16.4. The van der Waals surface area contributed by atoms with Crippen molar-refractivity contribution in [2.45, 2.75) is 45.8 Å². The summed E-state index contributed by atoms with van der Waals surface area (Å²) in [6.07, 6.45) is 6.45. The molecular formula is C24H28O4. The van der Waals surface area contributed by atoms with Crippen LogP contribution < -0.4 is 0 Å². The van der Waals surface area contributed by atoms with Gasteiger partial charge >= 0.3 is 11.9 Å². The summed E-state index contributed by atoms with van der Waals surface area (Å²) in [4.78, 5) is 24.8. The standard InChI is InChI=1S/C24H28O4/c1-2-3-4-11-16-22(24(26)28-19-21-14-9-6-10-15-21)17-23(25)27-18-20-12-7-5-8-13-20/h4-15,22H,2-3,16-19H2,1H3/b11-4+. The highest BCUT2D eigenvalue weighted by atomic mass is 16.5. The number of benzene rings is 2. The SMILES string of the molecule is CCC/C=C/CC(CC(=O)OCc1ccccc1)C(=O)OCc1ccccc1. The molecule has 0 radical (unpaired) electrons. The lowest BCUT2D eigenvalue weighted by Gasteiger charge is -2.14. The second-order valence-electron chi connectivity index (χ2n) is 6.64. The Labute approximate surface area is 167 Å². The first-order valence-electron chi connectivity index (χ1n) is 9.74. The van der Waals surface area contributed by atoms with Crippen molar-refractivity contribution in [2.24, 2.45) is 5.92 Å². The van der Waals surface area contributed by atoms with Crippen molar-refractivity contribution in [3.63, 3.8) is 0 Å². The maximum atomic E-state index is 12.5. The van der Waals surface area contributed by atoms with Gasteiger partial charge in [0.05, 0.1) is 12.3 Å². The molecule has 2 aromatic rings. The summed E-state index contributed by atoms with van der Waals surface area (Å²) in [5.74, 6) is -1.31. The molecule has 0 fully saturated rings. The maximum absolute atomic E-state index is 12.5. The molecule has 0 aliphatic heterocycles. The van der Waals surface area contributed by atoms with Gasteiger partial charge in [0, 0.05) is 0 Å². The highest BCUT2D eigenvalue weighted by Crippen LogP contribution is 2.16. The van der Waals surface area contributed by atoms with Crippen LogP contribution in [0, 0.1) is 5.92 Å². The first-order valence-corrected chi connectivity index (χ1v) is 9.74. The van der Waals surface area contributed by atoms with Gasteiger partial charge in [0.2, 0.25) is 0 Å². The molecule has 0 amide bonds. The van der Waals surface area contributed by atoms with Crippen molar-refractivity contribution >= 4 is 11.9 Å². The number of hydrogen-bond donors (Lipinski definition) is 0. The fourth-order valence-electron chi connectivity index (χ4n) is 2.65. The van der Waals surface area contributed by atoms with Crippen LogP contribution in [0.3, 0.4) is 0 Å². The van der Waals surface area contributed by atoms with Crippen molar-refractivity contribution < 1.29 is 19.1 Å². The van der Waals surface area contributed by atoms with Crippen LogP contribution in [0.4, 0.5) is 0 Å². The molecule has 0 aliphatic rings. The molecule has 148 valence electrons. The largest absolute Gasteiger partial charge is 0.461 e. The molecule has 2 aromatic carbocycles. The second-order valence-corrected chi connectivity index (χ2v) is 6.64. The van der Waals surface area contributed by atoms with Gasteiger partial charge < -0.3 is 9.47 Å². The van der Waals surface area contributed by atoms with Crippen LogP contribution in [0.25, 0.3) is 0 Å². The van der Waals surface area contributed by atoms with E-state index in [2.05, 4.69) is 6.92 Å². The number of allylic oxidation sites excluding steroid dienone is 2. The average Bonchev–Trinajstić information content (AvgIpc) is 2.74. The monoisotopic (exact) mass is 380 g/mol. The second kappa shape index (κ2) is 12.5. The number of hydrogen-bond acceptors (Lipinski definition) is 4. The molecule has 0 saturated heterocycles. The van der Waals surface area contributed by atoms with Crippen LogP contribution in [-0.2, 0) is 32.3 Å². The van der Waals surface area contributed by atoms with Gasteiger partial charge in [0.25, 0.3) is 0 Å². The predicted octanol–water partition coefficient (Wildman–Crippen LogP) is 5.23. The molecule has 0 bridgehead atoms. The van der Waals surface area contributed by atoms with E-state index in [-0.39, 0.29) is 25.6 Å². The van der Waals surface area contributed by atoms with E-state index in [0.29, 0.717) is 6.42 Å². The van der Waals surface area contributed by atoms with E-state index in [1.54, 1.807) is 0 Å². The van der Waals surface area contributed by atoms with Crippen molar-refractivity contribution in [3.8, 4) is 0 Å². The Hall–Kier alpha value is -2.88. The molecule has 1 atom stereocenters. The third-order valence-electron chi connectivity index (χ3n) is 4.26. The Balaban J connectivity index is 1.89. The lowest BCUT2D eigenvalue weighted by atomic mass is 10.0. The van der Waals surface area contributed by atoms with Gasteiger partial charge in [0.15, 0.2) is 0 Å². The molecule has 28 heavy (non-hydrogen) atoms. The Kier molecular flexibility index (Phi) is 9.56. The number of unbranched alkanes of at least 4 members (excludes halogenated alkanes) is 1. The van der Waals surface area contributed by atoms with Crippen molar-refractivity contribution in [1.29, 1.82) is 0 Å². The van der Waals surface area contributed by atoms with Gasteiger partial charge in [-0.3, -0.25) is 9.59 Å². The Morgan fingerprint density at radius 1 is 0.857 bits per heavy atom. The van der Waals surface area contributed by atoms with Crippen molar-refractivity contribution in [2.75, 3.05) is 0 Å². The first kappa shape index (κ1) is 21.4. The third kappa shape index (κ3) is 8.21. The number of carbonyl (C=O) groups is 2. The smallest absolute Gasteiger partial charge is 0.310 e. The summed E-state index contributed by atoms with van der Waals surface area (Å²) >= 11 is 0. The van der Waals surface area contributed by atoms with Crippen LogP contribution in [-0.4, -0.2) is 11.9 Å². The Morgan fingerprint density at radius 3 is 2.00 bits per heavy atom. The highest BCUT2D eigenvalue weighted by molar-refractivity contribution is 5.80. The molecule has 4 nitrogen and oxygen atoms in total. The number of esters is 2. The summed E-state index contributed by atoms with van der Waals surface area (Å²) in [5.41, 5.74) is 1.84. The normalized spacial score (nSPS) is 11.9. The van der Waals surface area contributed by atoms with Crippen LogP contribution in [0.5, 0.6) is 0 Å². The van der Waals surface area contributed by atoms with Crippen molar-refractivity contribution in [1.82, 2.24) is 0 Å². The molecule has 0 aromatic heterocycles. The van der Waals surface area contributed by atoms with Gasteiger partial charge in [-0.1, -0.05) is 86.2 Å². The van der Waals surface area contributed by atoms with E-state index in [1.807, 2.05) is 72.8 Å². The Morgan fingerprint density at radius 2 is 1.43 bits per heavy atom. The lowest BCUT2D eigenvalue weighted by molar-refractivity contribution is -0.156. The number of carbonyl (C=O) groups excluding carboxylic acids is 2. The minimum atomic E-state index is -0.542. The molecule has 0 heterocycles. The van der Waals surface area contributed by atoms with E-state index >= 15 is 0 Å². The molecule has 4 heteroatoms. The molecule has 0 N–H and O–H groups in total. The van der Waals surface area contributed by atoms with E-state index < -0.39 is 11.9 Å². The number of rotatable bonds is 11. The quantitative estimate of drug-likeness (QED) is 0.396. The van der Waals surface area contributed by atoms with Crippen LogP contribution in [0.1, 0.15) is 43.7 Å². The average molecular weight is 380 g/mol. The van der Waals surface area contributed by atoms with Crippen LogP contribution in [0.15, 0.2) is 72.8 Å². The molecule has 0 spiro atoms. The third-order valence-corrected chi connectivity index (χ3v) is 4.26. The summed E-state index contributed by atoms with van der Waals surface area (Å²) in [5, 5.41) is 0. The first-order chi connectivity index (χ1) is 13.7. The van der Waals surface area contributed by atoms with Crippen LogP contribution in [0.2, 0.25) is 0 Å². The van der Waals surface area contributed by atoms with Gasteiger partial charge in [-0.15, -0.1) is 0 Å². The summed E-state index contributed by atoms with van der Waals surface area (Å²) in [7, 11) is 0. The summed E-state index contributed by atoms with van der Waals surface area (Å²) < 4.78 is 10.8. The van der Waals surface area contributed by atoms with Crippen LogP contribution >= 0.6 is 0 Å². The molecule has 1 unspecified atom stereocenters. The van der Waals surface area contributed by atoms with E-state index in [9.17, 15) is 9.59 Å². The van der Waals surface area contributed by atoms with Gasteiger partial charge in [-0.2, -0.15) is 0 Å². The van der Waals surface area contributed by atoms with Gasteiger partial charge in [0.1, 0.15) is 13.2 Å². The number of ether oxygens (including phenoxy) is 2. The summed E-state index contributed by atoms with van der Waals surface area (Å²) in [6, 6.07) is 19.0. The van der Waals surface area contributed by atoms with E-state index in [4.69, 9.17) is 9.47 Å². The Bertz CT molecular complexity index is 738. The molecule has 2 rings (SSSR count). The maximum Gasteiger partial charge on any atom is 0.310 e. The molecule has 0 saturated carbocycles. The van der Waals surface area contributed by atoms with Gasteiger partial charge in [-0.25, -0.2) is 0 Å². The topological polar surface area (TPSA) is 52.6 Å². The molecular weight excluding hydrogens is 352 g/mol. The minimum absolute atomic E-state index is 0.0108. The predicted molar refractivity (Wildman–Crippen MR) is 109 cm³/mol. The van der Waals surface area contributed by atoms with Gasteiger partial charge in [-0.05, 0) is 24.0 Å². The lowest BCUT2D eigenvalue weighted by Crippen LogP contribution is -2.21. The van der Waals surface area contributed by atoms with Crippen molar-refractivity contribution in [3.05, 3.63) is 83.9 Å².